The molecule has 3 rings (SSSR count). The van der Waals surface area contributed by atoms with Gasteiger partial charge in [0.2, 0.25) is 5.91 Å². The van der Waals surface area contributed by atoms with E-state index in [-0.39, 0.29) is 5.91 Å². The lowest BCUT2D eigenvalue weighted by molar-refractivity contribution is -0.126. The number of nitrogens with zero attached hydrogens (tertiary/aromatic N) is 1. The van der Waals surface area contributed by atoms with E-state index in [4.69, 9.17) is 4.74 Å². The molecule has 3 heteroatoms. The molecule has 1 heterocycles. The Morgan fingerprint density at radius 1 is 1.43 bits per heavy atom. The Hall–Kier alpha value is -1.77. The van der Waals surface area contributed by atoms with Gasteiger partial charge in [0.05, 0.1) is 6.61 Å². The molecule has 0 bridgehead atoms. The van der Waals surface area contributed by atoms with E-state index in [1.54, 1.807) is 6.08 Å². The summed E-state index contributed by atoms with van der Waals surface area (Å²) in [5, 5.41) is 0. The van der Waals surface area contributed by atoms with Gasteiger partial charge in [-0.1, -0.05) is 13.0 Å². The van der Waals surface area contributed by atoms with E-state index >= 15 is 0 Å². The van der Waals surface area contributed by atoms with Crippen molar-refractivity contribution < 1.29 is 9.53 Å². The van der Waals surface area contributed by atoms with Crippen molar-refractivity contribution in [2.45, 2.75) is 32.6 Å². The number of hydrogen-bond donors (Lipinski definition) is 0. The molecule has 0 spiro atoms. The Balaban J connectivity index is 1.64. The summed E-state index contributed by atoms with van der Waals surface area (Å²) in [4.78, 5) is 14.3. The van der Waals surface area contributed by atoms with E-state index < -0.39 is 0 Å². The third kappa shape index (κ3) is 3.66. The maximum atomic E-state index is 12.3. The lowest BCUT2D eigenvalue weighted by Gasteiger charge is -2.20. The van der Waals surface area contributed by atoms with Crippen molar-refractivity contribution in [2.75, 3.05) is 19.7 Å². The summed E-state index contributed by atoms with van der Waals surface area (Å²) in [7, 11) is 0. The largest absolute Gasteiger partial charge is 0.493 e. The first-order chi connectivity index (χ1) is 10.3. The molecule has 1 aliphatic heterocycles. The predicted molar refractivity (Wildman–Crippen MR) is 84.3 cm³/mol. The van der Waals surface area contributed by atoms with Gasteiger partial charge in [-0.3, -0.25) is 4.79 Å². The van der Waals surface area contributed by atoms with Crippen molar-refractivity contribution >= 4 is 12.0 Å². The average Bonchev–Trinajstić information content (AvgIpc) is 3.18. The van der Waals surface area contributed by atoms with Crippen LogP contribution >= 0.6 is 0 Å². The molecule has 0 unspecified atom stereocenters. The molecular weight excluding hydrogens is 262 g/mol. The van der Waals surface area contributed by atoms with Crippen molar-refractivity contribution in [1.29, 1.82) is 0 Å². The highest BCUT2D eigenvalue weighted by Crippen LogP contribution is 2.30. The number of ether oxygens (including phenoxy) is 1. The molecule has 0 aromatic heterocycles. The maximum Gasteiger partial charge on any atom is 0.246 e. The molecular formula is C18H23NO2. The van der Waals surface area contributed by atoms with E-state index in [9.17, 15) is 4.79 Å². The Labute approximate surface area is 126 Å². The van der Waals surface area contributed by atoms with Gasteiger partial charge in [-0.2, -0.15) is 0 Å². The Morgan fingerprint density at radius 3 is 3.05 bits per heavy atom. The maximum absolute atomic E-state index is 12.3. The van der Waals surface area contributed by atoms with Crippen molar-refractivity contribution in [3.8, 4) is 5.75 Å². The van der Waals surface area contributed by atoms with Gasteiger partial charge in [-0.25, -0.2) is 0 Å². The highest BCUT2D eigenvalue weighted by molar-refractivity contribution is 5.91. The molecule has 1 aromatic carbocycles. The number of carbonyl (C=O) groups is 1. The van der Waals surface area contributed by atoms with Gasteiger partial charge >= 0.3 is 0 Å². The van der Waals surface area contributed by atoms with E-state index in [0.29, 0.717) is 0 Å². The molecule has 21 heavy (non-hydrogen) atoms. The van der Waals surface area contributed by atoms with Gasteiger partial charge < -0.3 is 9.64 Å². The molecule has 112 valence electrons. The molecule has 1 aliphatic carbocycles. The molecule has 0 saturated heterocycles. The van der Waals surface area contributed by atoms with Crippen LogP contribution in [0.5, 0.6) is 5.75 Å². The van der Waals surface area contributed by atoms with Gasteiger partial charge in [0.15, 0.2) is 0 Å². The normalized spacial score (nSPS) is 16.8. The van der Waals surface area contributed by atoms with Crippen LogP contribution in [0.3, 0.4) is 0 Å². The quantitative estimate of drug-likeness (QED) is 0.751. The molecule has 3 nitrogen and oxygen atoms in total. The zero-order valence-corrected chi connectivity index (χ0v) is 12.7. The average molecular weight is 285 g/mol. The third-order valence-electron chi connectivity index (χ3n) is 4.11. The summed E-state index contributed by atoms with van der Waals surface area (Å²) in [6.07, 6.45) is 8.19. The monoisotopic (exact) mass is 285 g/mol. The zero-order valence-electron chi connectivity index (χ0n) is 12.7. The summed E-state index contributed by atoms with van der Waals surface area (Å²) in [5.41, 5.74) is 2.32. The van der Waals surface area contributed by atoms with Gasteiger partial charge in [0.1, 0.15) is 5.75 Å². The number of amides is 1. The van der Waals surface area contributed by atoms with Crippen LogP contribution in [0.25, 0.3) is 6.08 Å². The van der Waals surface area contributed by atoms with Crippen molar-refractivity contribution in [1.82, 2.24) is 4.90 Å². The smallest absolute Gasteiger partial charge is 0.246 e. The number of hydrogen-bond acceptors (Lipinski definition) is 2. The first-order valence-corrected chi connectivity index (χ1v) is 7.99. The second kappa shape index (κ2) is 6.33. The molecule has 1 aromatic rings. The molecule has 0 radical (unpaired) electrons. The Morgan fingerprint density at radius 2 is 2.29 bits per heavy atom. The predicted octanol–water partition coefficient (Wildman–Crippen LogP) is 3.28. The highest BCUT2D eigenvalue weighted by atomic mass is 16.5. The Bertz CT molecular complexity index is 546. The van der Waals surface area contributed by atoms with Gasteiger partial charge in [0, 0.05) is 25.6 Å². The minimum absolute atomic E-state index is 0.139. The lowest BCUT2D eigenvalue weighted by Crippen LogP contribution is -2.32. The molecule has 0 N–H and O–H groups in total. The second-order valence-corrected chi connectivity index (χ2v) is 6.03. The van der Waals surface area contributed by atoms with E-state index in [2.05, 4.69) is 13.0 Å². The topological polar surface area (TPSA) is 29.5 Å². The lowest BCUT2D eigenvalue weighted by atomic mass is 10.1. The molecule has 2 aliphatic rings. The van der Waals surface area contributed by atoms with Crippen LogP contribution in [0, 0.1) is 5.92 Å². The van der Waals surface area contributed by atoms with E-state index in [1.807, 2.05) is 23.1 Å². The molecule has 1 amide bonds. The highest BCUT2D eigenvalue weighted by Gasteiger charge is 2.25. The molecule has 1 fully saturated rings. The minimum Gasteiger partial charge on any atom is -0.493 e. The first-order valence-electron chi connectivity index (χ1n) is 7.99. The van der Waals surface area contributed by atoms with Crippen LogP contribution in [-0.2, 0) is 11.2 Å². The van der Waals surface area contributed by atoms with E-state index in [1.165, 1.54) is 18.4 Å². The fourth-order valence-corrected chi connectivity index (χ4v) is 2.76. The van der Waals surface area contributed by atoms with Crippen LogP contribution in [0.15, 0.2) is 24.3 Å². The SMILES string of the molecule is CCCN(CC1CC1)C(=O)/C=C/c1ccc2c(c1)CCO2. The Kier molecular flexibility index (Phi) is 4.28. The van der Waals surface area contributed by atoms with Crippen molar-refractivity contribution in [3.63, 3.8) is 0 Å². The summed E-state index contributed by atoms with van der Waals surface area (Å²) >= 11 is 0. The molecule has 1 saturated carbocycles. The number of rotatable bonds is 6. The van der Waals surface area contributed by atoms with Crippen LogP contribution in [0.1, 0.15) is 37.3 Å². The van der Waals surface area contributed by atoms with Crippen molar-refractivity contribution in [3.05, 3.63) is 35.4 Å². The number of benzene rings is 1. The standard InChI is InChI=1S/C18H23NO2/c1-2-10-19(13-15-3-4-15)18(20)8-6-14-5-7-17-16(12-14)9-11-21-17/h5-8,12,15H,2-4,9-11,13H2,1H3/b8-6+. The minimum atomic E-state index is 0.139. The van der Waals surface area contributed by atoms with Gasteiger partial charge in [-0.15, -0.1) is 0 Å². The van der Waals surface area contributed by atoms with Crippen LogP contribution < -0.4 is 4.74 Å². The number of fused-ring (bicyclic) bond motifs is 1. The summed E-state index contributed by atoms with van der Waals surface area (Å²) < 4.78 is 5.50. The fraction of sp³-hybridized carbons (Fsp3) is 0.500. The van der Waals surface area contributed by atoms with Crippen molar-refractivity contribution in [2.24, 2.45) is 5.92 Å². The zero-order chi connectivity index (χ0) is 14.7. The van der Waals surface area contributed by atoms with Gasteiger partial charge in [-0.05, 0) is 54.5 Å². The van der Waals surface area contributed by atoms with Crippen LogP contribution in [0.4, 0.5) is 0 Å². The fourth-order valence-electron chi connectivity index (χ4n) is 2.76. The van der Waals surface area contributed by atoms with Gasteiger partial charge in [0.25, 0.3) is 0 Å². The third-order valence-corrected chi connectivity index (χ3v) is 4.11. The summed E-state index contributed by atoms with van der Waals surface area (Å²) in [6.45, 7) is 4.68. The van der Waals surface area contributed by atoms with Crippen LogP contribution in [-0.4, -0.2) is 30.5 Å². The summed E-state index contributed by atoms with van der Waals surface area (Å²) in [6, 6.07) is 6.14. The molecule has 0 atom stereocenters. The second-order valence-electron chi connectivity index (χ2n) is 6.03. The summed E-state index contributed by atoms with van der Waals surface area (Å²) in [5.74, 6) is 1.87. The van der Waals surface area contributed by atoms with Crippen LogP contribution in [0.2, 0.25) is 0 Å². The van der Waals surface area contributed by atoms with E-state index in [0.717, 1.165) is 49.8 Å². The first kappa shape index (κ1) is 14.2. The number of carbonyl (C=O) groups excluding carboxylic acids is 1.